The van der Waals surface area contributed by atoms with E-state index in [9.17, 15) is 9.90 Å². The van der Waals surface area contributed by atoms with Crippen LogP contribution >= 0.6 is 0 Å². The second-order valence-electron chi connectivity index (χ2n) is 11.2. The summed E-state index contributed by atoms with van der Waals surface area (Å²) in [5, 5.41) is 25.2. The summed E-state index contributed by atoms with van der Waals surface area (Å²) >= 11 is 0. The molecule has 0 unspecified atom stereocenters. The topological polar surface area (TPSA) is 122 Å². The van der Waals surface area contributed by atoms with Gasteiger partial charge in [-0.2, -0.15) is 9.61 Å². The molecule has 0 atom stereocenters. The van der Waals surface area contributed by atoms with Gasteiger partial charge in [0.15, 0.2) is 5.65 Å². The number of nitrogens with zero attached hydrogens (tertiary/aromatic N) is 3. The molecule has 10 nitrogen and oxygen atoms in total. The first kappa shape index (κ1) is 26.0. The van der Waals surface area contributed by atoms with Gasteiger partial charge in [0.1, 0.15) is 11.6 Å². The average Bonchev–Trinajstić information content (AvgIpc) is 3.67. The predicted molar refractivity (Wildman–Crippen MR) is 149 cm³/mol. The highest BCUT2D eigenvalue weighted by molar-refractivity contribution is 5.97. The number of aliphatic hydroxyl groups excluding tert-OH is 1. The summed E-state index contributed by atoms with van der Waals surface area (Å²) in [7, 11) is 0. The maximum absolute atomic E-state index is 12.7. The number of carbonyl (C=O) groups excluding carboxylic acids is 1. The van der Waals surface area contributed by atoms with Crippen molar-refractivity contribution in [2.45, 2.75) is 57.0 Å². The van der Waals surface area contributed by atoms with Crippen LogP contribution in [0.3, 0.4) is 0 Å². The Morgan fingerprint density at radius 3 is 2.59 bits per heavy atom. The van der Waals surface area contributed by atoms with Gasteiger partial charge in [-0.25, -0.2) is 4.98 Å². The van der Waals surface area contributed by atoms with Crippen LogP contribution in [0.15, 0.2) is 30.5 Å². The molecule has 1 saturated carbocycles. The molecule has 3 aliphatic rings. The van der Waals surface area contributed by atoms with Crippen molar-refractivity contribution in [1.29, 1.82) is 0 Å². The Labute approximate surface area is 228 Å². The lowest BCUT2D eigenvalue weighted by Gasteiger charge is -2.36. The first-order valence-corrected chi connectivity index (χ1v) is 14.1. The van der Waals surface area contributed by atoms with Crippen molar-refractivity contribution in [3.8, 4) is 11.1 Å². The smallest absolute Gasteiger partial charge is 0.251 e. The van der Waals surface area contributed by atoms with Crippen LogP contribution in [-0.2, 0) is 9.47 Å². The molecular weight excluding hydrogens is 496 g/mol. The van der Waals surface area contributed by atoms with Gasteiger partial charge >= 0.3 is 0 Å². The predicted octanol–water partition coefficient (Wildman–Crippen LogP) is 3.39. The van der Waals surface area contributed by atoms with E-state index in [4.69, 9.17) is 19.6 Å². The van der Waals surface area contributed by atoms with Crippen LogP contribution in [0.2, 0.25) is 0 Å². The minimum Gasteiger partial charge on any atom is -0.394 e. The Morgan fingerprint density at radius 1 is 1.10 bits per heavy atom. The fourth-order valence-corrected chi connectivity index (χ4v) is 5.49. The number of hydrogen-bond acceptors (Lipinski definition) is 8. The molecule has 0 bridgehead atoms. The SMILES string of the molecule is Cc1cc(-c2cnn3c(NCC4CCOCC4)cc(NC4(CO)CCOCC4)nc23)ccc1C(=O)NC1CC1. The van der Waals surface area contributed by atoms with Gasteiger partial charge in [0.25, 0.3) is 5.91 Å². The number of aromatic nitrogens is 3. The number of nitrogens with one attached hydrogen (secondary N) is 3. The number of hydrogen-bond donors (Lipinski definition) is 4. The lowest BCUT2D eigenvalue weighted by molar-refractivity contribution is 0.0378. The van der Waals surface area contributed by atoms with Crippen LogP contribution in [-0.4, -0.2) is 76.8 Å². The molecule has 2 saturated heterocycles. The summed E-state index contributed by atoms with van der Waals surface area (Å²) in [6.45, 7) is 5.58. The van der Waals surface area contributed by atoms with E-state index >= 15 is 0 Å². The zero-order valence-corrected chi connectivity index (χ0v) is 22.5. The van der Waals surface area contributed by atoms with Crippen LogP contribution in [0.4, 0.5) is 11.6 Å². The van der Waals surface area contributed by atoms with Gasteiger partial charge in [-0.05, 0) is 68.6 Å². The molecule has 2 aromatic heterocycles. The molecular formula is C29H38N6O4. The Balaban J connectivity index is 1.34. The summed E-state index contributed by atoms with van der Waals surface area (Å²) in [6.07, 6.45) is 7.43. The number of fused-ring (bicyclic) bond motifs is 1. The molecule has 3 fully saturated rings. The molecule has 1 amide bonds. The minimum absolute atomic E-state index is 0.00372. The van der Waals surface area contributed by atoms with E-state index in [0.717, 1.165) is 68.0 Å². The van der Waals surface area contributed by atoms with Crippen LogP contribution in [0.5, 0.6) is 0 Å². The third-order valence-electron chi connectivity index (χ3n) is 8.22. The van der Waals surface area contributed by atoms with Crippen LogP contribution < -0.4 is 16.0 Å². The zero-order valence-electron chi connectivity index (χ0n) is 22.5. The van der Waals surface area contributed by atoms with Crippen molar-refractivity contribution in [3.05, 3.63) is 41.6 Å². The molecule has 39 heavy (non-hydrogen) atoms. The minimum atomic E-state index is -0.477. The third-order valence-corrected chi connectivity index (χ3v) is 8.22. The number of carbonyl (C=O) groups is 1. The van der Waals surface area contributed by atoms with Gasteiger partial charge in [0.2, 0.25) is 0 Å². The van der Waals surface area contributed by atoms with E-state index in [-0.39, 0.29) is 12.5 Å². The molecule has 1 aliphatic carbocycles. The Morgan fingerprint density at radius 2 is 1.87 bits per heavy atom. The maximum Gasteiger partial charge on any atom is 0.251 e. The first-order valence-electron chi connectivity index (χ1n) is 14.1. The fourth-order valence-electron chi connectivity index (χ4n) is 5.49. The average molecular weight is 535 g/mol. The molecule has 6 rings (SSSR count). The number of rotatable bonds is 9. The summed E-state index contributed by atoms with van der Waals surface area (Å²) in [4.78, 5) is 17.7. The molecule has 10 heteroatoms. The summed E-state index contributed by atoms with van der Waals surface area (Å²) in [5.41, 5.74) is 3.68. The highest BCUT2D eigenvalue weighted by Gasteiger charge is 2.33. The normalized spacial score (nSPS) is 19.6. The van der Waals surface area contributed by atoms with Crippen LogP contribution in [0.25, 0.3) is 16.8 Å². The molecule has 2 aliphatic heterocycles. The second-order valence-corrected chi connectivity index (χ2v) is 11.2. The largest absolute Gasteiger partial charge is 0.394 e. The maximum atomic E-state index is 12.7. The van der Waals surface area contributed by atoms with E-state index in [2.05, 4.69) is 16.0 Å². The van der Waals surface area contributed by atoms with Crippen molar-refractivity contribution < 1.29 is 19.4 Å². The number of amides is 1. The molecule has 0 radical (unpaired) electrons. The van der Waals surface area contributed by atoms with Crippen LogP contribution in [0.1, 0.15) is 54.4 Å². The molecule has 4 heterocycles. The molecule has 3 aromatic rings. The van der Waals surface area contributed by atoms with E-state index in [0.29, 0.717) is 55.0 Å². The standard InChI is InChI=1S/C29H38N6O4/c1-19-14-21(2-5-23(19)28(37)32-22-3-4-22)24-17-31-35-26(30-16-20-6-10-38-11-7-20)15-25(33-27(24)35)34-29(18-36)8-12-39-13-9-29/h2,5,14-15,17,20,22,30,36H,3-4,6-13,16,18H2,1H3,(H,32,37)(H,33,34). The lowest BCUT2D eigenvalue weighted by atomic mass is 9.91. The Hall–Kier alpha value is -3.21. The van der Waals surface area contributed by atoms with Crippen molar-refractivity contribution in [1.82, 2.24) is 19.9 Å². The van der Waals surface area contributed by atoms with E-state index < -0.39 is 5.54 Å². The summed E-state index contributed by atoms with van der Waals surface area (Å²) < 4.78 is 12.9. The molecule has 0 spiro atoms. The second kappa shape index (κ2) is 11.1. The first-order chi connectivity index (χ1) is 19.0. The Bertz CT molecular complexity index is 1320. The number of anilines is 2. The van der Waals surface area contributed by atoms with Crippen molar-refractivity contribution >= 4 is 23.2 Å². The number of aryl methyl sites for hydroxylation is 1. The van der Waals surface area contributed by atoms with Gasteiger partial charge in [0, 0.05) is 56.2 Å². The molecule has 208 valence electrons. The van der Waals surface area contributed by atoms with Crippen molar-refractivity contribution in [2.75, 3.05) is 50.2 Å². The van der Waals surface area contributed by atoms with Gasteiger partial charge in [-0.15, -0.1) is 0 Å². The summed E-state index contributed by atoms with van der Waals surface area (Å²) in [6, 6.07) is 8.18. The highest BCUT2D eigenvalue weighted by Crippen LogP contribution is 2.32. The van der Waals surface area contributed by atoms with Gasteiger partial charge in [-0.1, -0.05) is 12.1 Å². The summed E-state index contributed by atoms with van der Waals surface area (Å²) in [5.74, 6) is 2.05. The van der Waals surface area contributed by atoms with Gasteiger partial charge in [0.05, 0.1) is 18.3 Å². The zero-order chi connectivity index (χ0) is 26.8. The van der Waals surface area contributed by atoms with Gasteiger partial charge < -0.3 is 30.5 Å². The molecule has 1 aromatic carbocycles. The third kappa shape index (κ3) is 5.73. The fraction of sp³-hybridized carbons (Fsp3) is 0.552. The monoisotopic (exact) mass is 534 g/mol. The Kier molecular flexibility index (Phi) is 7.42. The van der Waals surface area contributed by atoms with Crippen molar-refractivity contribution in [3.63, 3.8) is 0 Å². The number of aliphatic hydroxyl groups is 1. The van der Waals surface area contributed by atoms with Gasteiger partial charge in [-0.3, -0.25) is 4.79 Å². The van der Waals surface area contributed by atoms with E-state index in [1.807, 2.05) is 41.9 Å². The number of benzene rings is 1. The molecule has 4 N–H and O–H groups in total. The van der Waals surface area contributed by atoms with Crippen molar-refractivity contribution in [2.24, 2.45) is 5.92 Å². The quantitative estimate of drug-likeness (QED) is 0.330. The number of ether oxygens (including phenoxy) is 2. The van der Waals surface area contributed by atoms with E-state index in [1.165, 1.54) is 0 Å². The highest BCUT2D eigenvalue weighted by atomic mass is 16.5. The van der Waals surface area contributed by atoms with E-state index in [1.54, 1.807) is 0 Å². The lowest BCUT2D eigenvalue weighted by Crippen LogP contribution is -2.47. The van der Waals surface area contributed by atoms with Crippen LogP contribution in [0, 0.1) is 12.8 Å².